The highest BCUT2D eigenvalue weighted by atomic mass is 35.5. The Hall–Kier alpha value is -1.86. The molecule has 0 aliphatic heterocycles. The molecule has 0 fully saturated rings. The Balaban J connectivity index is 1.68. The number of anilines is 1. The third-order valence-electron chi connectivity index (χ3n) is 3.94. The van der Waals surface area contributed by atoms with Gasteiger partial charge in [-0.25, -0.2) is 0 Å². The summed E-state index contributed by atoms with van der Waals surface area (Å²) >= 11 is 18.8. The Morgan fingerprint density at radius 2 is 1.88 bits per heavy atom. The molecule has 26 heavy (non-hydrogen) atoms. The van der Waals surface area contributed by atoms with Crippen LogP contribution in [-0.4, -0.2) is 11.0 Å². The first-order valence-corrected chi connectivity index (χ1v) is 9.66. The van der Waals surface area contributed by atoms with Crippen LogP contribution in [0, 0.1) is 13.8 Å². The number of hydrazine groups is 1. The molecule has 0 radical (unpaired) electrons. The second-order valence-corrected chi connectivity index (χ2v) is 7.94. The molecule has 134 valence electrons. The number of aryl methyl sites for hydroxylation is 1. The van der Waals surface area contributed by atoms with E-state index >= 15 is 0 Å². The molecule has 4 nitrogen and oxygen atoms in total. The van der Waals surface area contributed by atoms with E-state index in [0.717, 1.165) is 26.9 Å². The van der Waals surface area contributed by atoms with Crippen LogP contribution >= 0.6 is 46.8 Å². The second-order valence-electron chi connectivity index (χ2n) is 5.67. The zero-order valence-corrected chi connectivity index (χ0v) is 17.1. The van der Waals surface area contributed by atoms with Gasteiger partial charge in [-0.15, -0.1) is 11.3 Å². The van der Waals surface area contributed by atoms with Crippen molar-refractivity contribution in [2.24, 2.45) is 0 Å². The minimum Gasteiger partial charge on any atom is -0.331 e. The van der Waals surface area contributed by atoms with E-state index in [4.69, 9.17) is 35.4 Å². The molecule has 2 aromatic carbocycles. The summed E-state index contributed by atoms with van der Waals surface area (Å²) in [6.45, 7) is 4.02. The normalized spacial score (nSPS) is 10.6. The van der Waals surface area contributed by atoms with Crippen LogP contribution in [0.15, 0.2) is 36.4 Å². The lowest BCUT2D eigenvalue weighted by Crippen LogP contribution is -2.43. The van der Waals surface area contributed by atoms with Crippen molar-refractivity contribution in [3.63, 3.8) is 0 Å². The second kappa shape index (κ2) is 7.80. The zero-order chi connectivity index (χ0) is 18.8. The van der Waals surface area contributed by atoms with Crippen molar-refractivity contribution in [3.8, 4) is 0 Å². The third-order valence-corrected chi connectivity index (χ3v) is 6.05. The van der Waals surface area contributed by atoms with Gasteiger partial charge in [0, 0.05) is 20.8 Å². The number of benzene rings is 2. The van der Waals surface area contributed by atoms with E-state index in [0.29, 0.717) is 14.9 Å². The molecule has 0 aliphatic rings. The van der Waals surface area contributed by atoms with Gasteiger partial charge >= 0.3 is 0 Å². The number of hydrogen-bond donors (Lipinski definition) is 3. The molecular weight excluding hydrogens is 409 g/mol. The van der Waals surface area contributed by atoms with Gasteiger partial charge in [-0.3, -0.25) is 15.6 Å². The van der Waals surface area contributed by atoms with Gasteiger partial charge < -0.3 is 5.32 Å². The van der Waals surface area contributed by atoms with Crippen molar-refractivity contribution in [2.45, 2.75) is 13.8 Å². The molecule has 0 bridgehead atoms. The van der Waals surface area contributed by atoms with Gasteiger partial charge in [-0.1, -0.05) is 35.3 Å². The lowest BCUT2D eigenvalue weighted by molar-refractivity contribution is 0.0948. The number of carbonyl (C=O) groups is 1. The van der Waals surface area contributed by atoms with E-state index in [2.05, 4.69) is 16.2 Å². The Labute approximate surface area is 170 Å². The Kier molecular flexibility index (Phi) is 5.67. The van der Waals surface area contributed by atoms with Crippen molar-refractivity contribution >= 4 is 73.5 Å². The lowest BCUT2D eigenvalue weighted by atomic mass is 10.1. The predicted octanol–water partition coefficient (Wildman–Crippen LogP) is 5.46. The largest absolute Gasteiger partial charge is 0.331 e. The molecule has 1 aromatic heterocycles. The number of carbonyl (C=O) groups excluding carboxylic acids is 1. The lowest BCUT2D eigenvalue weighted by Gasteiger charge is -2.14. The highest BCUT2D eigenvalue weighted by molar-refractivity contribution is 7.80. The van der Waals surface area contributed by atoms with Gasteiger partial charge in [-0.2, -0.15) is 0 Å². The number of hydrogen-bond acceptors (Lipinski definition) is 3. The SMILES string of the molecule is Cc1cccc(NC(=S)NNC(=O)c2sc3ccc(Cl)cc3c2Cl)c1C. The predicted molar refractivity (Wildman–Crippen MR) is 115 cm³/mol. The van der Waals surface area contributed by atoms with Gasteiger partial charge in [0.2, 0.25) is 0 Å². The molecule has 0 unspecified atom stereocenters. The average Bonchev–Trinajstić information content (AvgIpc) is 2.93. The van der Waals surface area contributed by atoms with Crippen LogP contribution in [0.3, 0.4) is 0 Å². The molecule has 8 heteroatoms. The molecule has 3 rings (SSSR count). The molecule has 3 aromatic rings. The van der Waals surface area contributed by atoms with Gasteiger partial charge in [0.25, 0.3) is 5.91 Å². The number of fused-ring (bicyclic) bond motifs is 1. The van der Waals surface area contributed by atoms with Crippen molar-refractivity contribution in [1.82, 2.24) is 10.9 Å². The van der Waals surface area contributed by atoms with E-state index in [-0.39, 0.29) is 11.0 Å². The number of amides is 1. The Morgan fingerprint density at radius 1 is 1.12 bits per heavy atom. The summed E-state index contributed by atoms with van der Waals surface area (Å²) in [7, 11) is 0. The third kappa shape index (κ3) is 3.94. The Morgan fingerprint density at radius 3 is 2.65 bits per heavy atom. The number of thiophene rings is 1. The summed E-state index contributed by atoms with van der Waals surface area (Å²) in [5, 5.41) is 5.05. The van der Waals surface area contributed by atoms with E-state index < -0.39 is 0 Å². The Bertz CT molecular complexity index is 1020. The smallest absolute Gasteiger partial charge is 0.281 e. The maximum atomic E-state index is 12.4. The summed E-state index contributed by atoms with van der Waals surface area (Å²) in [6.07, 6.45) is 0. The summed E-state index contributed by atoms with van der Waals surface area (Å²) in [5.74, 6) is -0.363. The van der Waals surface area contributed by atoms with E-state index in [9.17, 15) is 4.79 Å². The van der Waals surface area contributed by atoms with Crippen molar-refractivity contribution in [1.29, 1.82) is 0 Å². The first-order chi connectivity index (χ1) is 12.4. The molecule has 0 spiro atoms. The summed E-state index contributed by atoms with van der Waals surface area (Å²) < 4.78 is 0.889. The van der Waals surface area contributed by atoms with Crippen LogP contribution in [0.4, 0.5) is 5.69 Å². The maximum absolute atomic E-state index is 12.4. The fourth-order valence-electron chi connectivity index (χ4n) is 2.40. The number of thiocarbonyl (C=S) groups is 1. The van der Waals surface area contributed by atoms with Crippen LogP contribution in [0.2, 0.25) is 10.0 Å². The van der Waals surface area contributed by atoms with Gasteiger partial charge in [0.05, 0.1) is 5.02 Å². The van der Waals surface area contributed by atoms with Crippen LogP contribution in [0.1, 0.15) is 20.8 Å². The van der Waals surface area contributed by atoms with E-state index in [1.165, 1.54) is 11.3 Å². The topological polar surface area (TPSA) is 53.2 Å². The summed E-state index contributed by atoms with van der Waals surface area (Å²) in [4.78, 5) is 12.8. The molecule has 0 atom stereocenters. The summed E-state index contributed by atoms with van der Waals surface area (Å²) in [6, 6.07) is 11.2. The molecular formula is C18H15Cl2N3OS2. The number of halogens is 2. The zero-order valence-electron chi connectivity index (χ0n) is 13.9. The minimum absolute atomic E-state index is 0.285. The summed E-state index contributed by atoms with van der Waals surface area (Å²) in [5.41, 5.74) is 8.39. The average molecular weight is 424 g/mol. The van der Waals surface area contributed by atoms with Crippen LogP contribution in [0.5, 0.6) is 0 Å². The van der Waals surface area contributed by atoms with Crippen molar-refractivity contribution < 1.29 is 4.79 Å². The van der Waals surface area contributed by atoms with Crippen molar-refractivity contribution in [3.05, 3.63) is 62.4 Å². The number of nitrogens with one attached hydrogen (secondary N) is 3. The standard InChI is InChI=1S/C18H15Cl2N3OS2/c1-9-4-3-5-13(10(9)2)21-18(25)23-22-17(24)16-15(20)12-8-11(19)6-7-14(12)26-16/h3-8H,1-2H3,(H,22,24)(H2,21,23,25). The van der Waals surface area contributed by atoms with Gasteiger partial charge in [0.1, 0.15) is 4.88 Å². The first-order valence-electron chi connectivity index (χ1n) is 7.68. The molecule has 0 saturated carbocycles. The number of rotatable bonds is 2. The van der Waals surface area contributed by atoms with E-state index in [1.807, 2.05) is 38.1 Å². The highest BCUT2D eigenvalue weighted by Gasteiger charge is 2.17. The molecule has 1 heterocycles. The quantitative estimate of drug-likeness (QED) is 0.378. The van der Waals surface area contributed by atoms with Crippen LogP contribution in [-0.2, 0) is 0 Å². The van der Waals surface area contributed by atoms with Crippen LogP contribution < -0.4 is 16.2 Å². The minimum atomic E-state index is -0.363. The fourth-order valence-corrected chi connectivity index (χ4v) is 4.11. The van der Waals surface area contributed by atoms with Gasteiger partial charge in [0.15, 0.2) is 5.11 Å². The maximum Gasteiger partial charge on any atom is 0.281 e. The van der Waals surface area contributed by atoms with Gasteiger partial charge in [-0.05, 0) is 61.5 Å². The van der Waals surface area contributed by atoms with Crippen LogP contribution in [0.25, 0.3) is 10.1 Å². The fraction of sp³-hybridized carbons (Fsp3) is 0.111. The monoisotopic (exact) mass is 423 g/mol. The van der Waals surface area contributed by atoms with E-state index in [1.54, 1.807) is 12.1 Å². The molecule has 0 aliphatic carbocycles. The molecule has 1 amide bonds. The molecule has 3 N–H and O–H groups in total. The van der Waals surface area contributed by atoms with Crippen molar-refractivity contribution in [2.75, 3.05) is 5.32 Å². The molecule has 0 saturated heterocycles. The first kappa shape index (κ1) is 18.9. The highest BCUT2D eigenvalue weighted by Crippen LogP contribution is 2.36.